The zero-order chi connectivity index (χ0) is 20.1. The standard InChI is InChI=1S/C22H15NO5/c1-28-22(27)18-19(24)17(14-8-11-15-9-4-2-5-10-15)23(21(18)26)20(25)16-12-6-3-7-13-16/h2-7,9-10,12-14,24H,1H3/b17-14+. The van der Waals surface area contributed by atoms with Gasteiger partial charge in [0.15, 0.2) is 11.3 Å². The SMILES string of the molecule is COC(=O)C1=C(O)/C(=C\C#Cc2ccccc2)N(C(=O)c2ccccc2)C1=O. The molecule has 0 radical (unpaired) electrons. The van der Waals surface area contributed by atoms with Gasteiger partial charge in [-0.2, -0.15) is 0 Å². The molecule has 6 nitrogen and oxygen atoms in total. The maximum atomic E-state index is 12.8. The molecule has 0 atom stereocenters. The summed E-state index contributed by atoms with van der Waals surface area (Å²) >= 11 is 0. The molecule has 138 valence electrons. The number of rotatable bonds is 2. The van der Waals surface area contributed by atoms with E-state index >= 15 is 0 Å². The normalized spacial score (nSPS) is 14.7. The highest BCUT2D eigenvalue weighted by molar-refractivity contribution is 6.25. The Bertz CT molecular complexity index is 1060. The molecule has 6 heteroatoms. The predicted molar refractivity (Wildman–Crippen MR) is 101 cm³/mol. The third kappa shape index (κ3) is 3.55. The third-order valence-corrected chi connectivity index (χ3v) is 3.95. The molecular weight excluding hydrogens is 358 g/mol. The summed E-state index contributed by atoms with van der Waals surface area (Å²) in [6.45, 7) is 0. The Morgan fingerprint density at radius 3 is 2.25 bits per heavy atom. The first-order valence-electron chi connectivity index (χ1n) is 8.27. The number of aliphatic hydroxyl groups excluding tert-OH is 1. The molecule has 1 aliphatic rings. The first kappa shape index (κ1) is 18.7. The molecule has 2 aromatic carbocycles. The van der Waals surface area contributed by atoms with Crippen LogP contribution in [-0.2, 0) is 14.3 Å². The minimum absolute atomic E-state index is 0.178. The Hall–Kier alpha value is -4.11. The molecule has 0 saturated carbocycles. The van der Waals surface area contributed by atoms with Crippen LogP contribution in [0.15, 0.2) is 83.8 Å². The molecule has 0 spiro atoms. The molecular formula is C22H15NO5. The van der Waals surface area contributed by atoms with Crippen molar-refractivity contribution in [2.24, 2.45) is 0 Å². The highest BCUT2D eigenvalue weighted by Gasteiger charge is 2.43. The van der Waals surface area contributed by atoms with Crippen molar-refractivity contribution in [3.8, 4) is 11.8 Å². The van der Waals surface area contributed by atoms with Gasteiger partial charge in [-0.05, 0) is 24.3 Å². The van der Waals surface area contributed by atoms with Crippen LogP contribution < -0.4 is 0 Å². The molecule has 1 aliphatic heterocycles. The second-order valence-electron chi connectivity index (χ2n) is 5.69. The fourth-order valence-electron chi connectivity index (χ4n) is 2.60. The molecule has 2 amide bonds. The Kier molecular flexibility index (Phi) is 5.38. The zero-order valence-corrected chi connectivity index (χ0v) is 14.9. The Morgan fingerprint density at radius 2 is 1.64 bits per heavy atom. The van der Waals surface area contributed by atoms with Crippen LogP contribution in [0.2, 0.25) is 0 Å². The van der Waals surface area contributed by atoms with Crippen LogP contribution in [0.4, 0.5) is 0 Å². The number of nitrogens with zero attached hydrogens (tertiary/aromatic N) is 1. The number of allylic oxidation sites excluding steroid dienone is 1. The molecule has 1 N–H and O–H groups in total. The van der Waals surface area contributed by atoms with Crippen molar-refractivity contribution in [2.75, 3.05) is 7.11 Å². The molecule has 0 saturated heterocycles. The minimum atomic E-state index is -1.03. The van der Waals surface area contributed by atoms with Gasteiger partial charge in [0.05, 0.1) is 7.11 Å². The first-order valence-corrected chi connectivity index (χ1v) is 8.27. The monoisotopic (exact) mass is 373 g/mol. The van der Waals surface area contributed by atoms with Crippen LogP contribution >= 0.6 is 0 Å². The van der Waals surface area contributed by atoms with Crippen molar-refractivity contribution in [1.29, 1.82) is 0 Å². The average Bonchev–Trinajstić information content (AvgIpc) is 2.98. The van der Waals surface area contributed by atoms with Gasteiger partial charge in [0.2, 0.25) is 0 Å². The van der Waals surface area contributed by atoms with E-state index in [1.54, 1.807) is 30.3 Å². The lowest BCUT2D eigenvalue weighted by Gasteiger charge is -2.16. The van der Waals surface area contributed by atoms with Crippen molar-refractivity contribution in [1.82, 2.24) is 4.90 Å². The second kappa shape index (κ2) is 8.06. The summed E-state index contributed by atoms with van der Waals surface area (Å²) < 4.78 is 4.55. The summed E-state index contributed by atoms with van der Waals surface area (Å²) in [6.07, 6.45) is 1.22. The number of esters is 1. The lowest BCUT2D eigenvalue weighted by molar-refractivity contribution is -0.138. The molecule has 28 heavy (non-hydrogen) atoms. The predicted octanol–water partition coefficient (Wildman–Crippen LogP) is 2.59. The van der Waals surface area contributed by atoms with E-state index in [1.807, 2.05) is 18.2 Å². The fraction of sp³-hybridized carbons (Fsp3) is 0.0455. The molecule has 0 unspecified atom stereocenters. The van der Waals surface area contributed by atoms with Crippen LogP contribution in [-0.4, -0.2) is 34.9 Å². The molecule has 2 aromatic rings. The van der Waals surface area contributed by atoms with Crippen LogP contribution in [0, 0.1) is 11.8 Å². The van der Waals surface area contributed by atoms with E-state index < -0.39 is 29.1 Å². The van der Waals surface area contributed by atoms with Crippen molar-refractivity contribution in [3.05, 3.63) is 94.9 Å². The summed E-state index contributed by atoms with van der Waals surface area (Å²) in [6, 6.07) is 17.1. The highest BCUT2D eigenvalue weighted by Crippen LogP contribution is 2.30. The lowest BCUT2D eigenvalue weighted by atomic mass is 10.2. The Morgan fingerprint density at radius 1 is 1.04 bits per heavy atom. The van der Waals surface area contributed by atoms with E-state index in [9.17, 15) is 19.5 Å². The van der Waals surface area contributed by atoms with Gasteiger partial charge in [0.1, 0.15) is 5.70 Å². The number of ether oxygens (including phenoxy) is 1. The maximum absolute atomic E-state index is 12.8. The van der Waals surface area contributed by atoms with E-state index in [0.29, 0.717) is 5.56 Å². The number of methoxy groups -OCH3 is 1. The van der Waals surface area contributed by atoms with Crippen molar-refractivity contribution < 1.29 is 24.2 Å². The first-order chi connectivity index (χ1) is 13.5. The van der Waals surface area contributed by atoms with Gasteiger partial charge in [-0.15, -0.1) is 0 Å². The van der Waals surface area contributed by atoms with Gasteiger partial charge in [-0.1, -0.05) is 48.2 Å². The van der Waals surface area contributed by atoms with Crippen molar-refractivity contribution >= 4 is 17.8 Å². The van der Waals surface area contributed by atoms with E-state index in [2.05, 4.69) is 16.6 Å². The summed E-state index contributed by atoms with van der Waals surface area (Å²) in [5.74, 6) is 2.20. The Balaban J connectivity index is 2.05. The Labute approximate surface area is 161 Å². The number of carbonyl (C=O) groups excluding carboxylic acids is 3. The van der Waals surface area contributed by atoms with Crippen LogP contribution in [0.25, 0.3) is 0 Å². The maximum Gasteiger partial charge on any atom is 0.347 e. The number of amides is 2. The zero-order valence-electron chi connectivity index (χ0n) is 14.9. The van der Waals surface area contributed by atoms with E-state index in [4.69, 9.17) is 0 Å². The molecule has 0 fully saturated rings. The molecule has 0 aliphatic carbocycles. The van der Waals surface area contributed by atoms with Crippen molar-refractivity contribution in [3.63, 3.8) is 0 Å². The number of imide groups is 1. The number of hydrogen-bond donors (Lipinski definition) is 1. The second-order valence-corrected chi connectivity index (χ2v) is 5.69. The summed E-state index contributed by atoms with van der Waals surface area (Å²) in [5.41, 5.74) is 0.139. The number of aliphatic hydroxyl groups is 1. The van der Waals surface area contributed by atoms with E-state index in [-0.39, 0.29) is 11.3 Å². The molecule has 0 aromatic heterocycles. The fourth-order valence-corrected chi connectivity index (χ4v) is 2.60. The quantitative estimate of drug-likeness (QED) is 0.379. The van der Waals surface area contributed by atoms with Crippen LogP contribution in [0.5, 0.6) is 0 Å². The van der Waals surface area contributed by atoms with Gasteiger partial charge >= 0.3 is 5.97 Å². The topological polar surface area (TPSA) is 83.9 Å². The van der Waals surface area contributed by atoms with Gasteiger partial charge in [0.25, 0.3) is 11.8 Å². The number of carbonyl (C=O) groups is 3. The summed E-state index contributed by atoms with van der Waals surface area (Å²) in [4.78, 5) is 38.1. The van der Waals surface area contributed by atoms with Gasteiger partial charge < -0.3 is 9.84 Å². The van der Waals surface area contributed by atoms with Gasteiger partial charge in [-0.25, -0.2) is 9.69 Å². The molecule has 3 rings (SSSR count). The number of hydrogen-bond acceptors (Lipinski definition) is 5. The molecule has 0 bridgehead atoms. The molecule has 1 heterocycles. The lowest BCUT2D eigenvalue weighted by Crippen LogP contribution is -2.34. The number of benzene rings is 2. The third-order valence-electron chi connectivity index (χ3n) is 3.95. The smallest absolute Gasteiger partial charge is 0.347 e. The van der Waals surface area contributed by atoms with Crippen molar-refractivity contribution in [2.45, 2.75) is 0 Å². The minimum Gasteiger partial charge on any atom is -0.505 e. The summed E-state index contributed by atoms with van der Waals surface area (Å²) in [5, 5.41) is 10.4. The largest absolute Gasteiger partial charge is 0.505 e. The summed E-state index contributed by atoms with van der Waals surface area (Å²) in [7, 11) is 1.08. The van der Waals surface area contributed by atoms with Crippen LogP contribution in [0.3, 0.4) is 0 Å². The van der Waals surface area contributed by atoms with Crippen LogP contribution in [0.1, 0.15) is 15.9 Å². The van der Waals surface area contributed by atoms with Gasteiger partial charge in [0, 0.05) is 17.2 Å². The average molecular weight is 373 g/mol. The van der Waals surface area contributed by atoms with E-state index in [0.717, 1.165) is 12.0 Å². The van der Waals surface area contributed by atoms with E-state index in [1.165, 1.54) is 18.2 Å². The highest BCUT2D eigenvalue weighted by atomic mass is 16.5. The van der Waals surface area contributed by atoms with Gasteiger partial charge in [-0.3, -0.25) is 9.59 Å².